The van der Waals surface area contributed by atoms with Crippen molar-refractivity contribution in [1.29, 1.82) is 0 Å². The van der Waals surface area contributed by atoms with Crippen LogP contribution in [0, 0.1) is 13.8 Å². The Morgan fingerprint density at radius 2 is 1.94 bits per heavy atom. The van der Waals surface area contributed by atoms with Crippen molar-refractivity contribution in [1.82, 2.24) is 0 Å². The third-order valence-electron chi connectivity index (χ3n) is 3.28. The van der Waals surface area contributed by atoms with Crippen molar-refractivity contribution in [3.05, 3.63) is 29.3 Å². The van der Waals surface area contributed by atoms with Gasteiger partial charge in [-0.2, -0.15) is 0 Å². The third-order valence-corrected chi connectivity index (χ3v) is 4.84. The zero-order valence-electron chi connectivity index (χ0n) is 10.1. The van der Waals surface area contributed by atoms with E-state index in [-0.39, 0.29) is 6.10 Å². The van der Waals surface area contributed by atoms with Gasteiger partial charge in [0.2, 0.25) is 0 Å². The number of hydrogen-bond acceptors (Lipinski definition) is 2. The van der Waals surface area contributed by atoms with Crippen LogP contribution in [0.5, 0.6) is 0 Å². The Bertz CT molecular complexity index is 362. The molecule has 2 heteroatoms. The maximum absolute atomic E-state index is 9.95. The Labute approximate surface area is 102 Å². The van der Waals surface area contributed by atoms with Crippen molar-refractivity contribution in [2.75, 3.05) is 0 Å². The largest absolute Gasteiger partial charge is 0.392 e. The smallest absolute Gasteiger partial charge is 0.0662 e. The van der Waals surface area contributed by atoms with Gasteiger partial charge in [-0.3, -0.25) is 0 Å². The second-order valence-electron chi connectivity index (χ2n) is 4.78. The molecule has 1 fully saturated rings. The summed E-state index contributed by atoms with van der Waals surface area (Å²) in [5.74, 6) is 0. The third kappa shape index (κ3) is 2.80. The summed E-state index contributed by atoms with van der Waals surface area (Å²) in [6.07, 6.45) is 4.46. The summed E-state index contributed by atoms with van der Waals surface area (Å²) in [6.45, 7) is 4.28. The van der Waals surface area contributed by atoms with E-state index < -0.39 is 0 Å². The predicted octanol–water partition coefficient (Wildman–Crippen LogP) is 3.70. The molecule has 1 aromatic carbocycles. The highest BCUT2D eigenvalue weighted by atomic mass is 32.2. The van der Waals surface area contributed by atoms with Crippen molar-refractivity contribution in [3.8, 4) is 0 Å². The summed E-state index contributed by atoms with van der Waals surface area (Å²) in [5.41, 5.74) is 2.65. The molecule has 0 bridgehead atoms. The summed E-state index contributed by atoms with van der Waals surface area (Å²) in [4.78, 5) is 1.33. The van der Waals surface area contributed by atoms with Crippen LogP contribution in [0.3, 0.4) is 0 Å². The number of aryl methyl sites for hydroxylation is 2. The van der Waals surface area contributed by atoms with Crippen LogP contribution in [-0.2, 0) is 0 Å². The quantitative estimate of drug-likeness (QED) is 0.845. The first kappa shape index (κ1) is 12.0. The van der Waals surface area contributed by atoms with Gasteiger partial charge in [0.15, 0.2) is 0 Å². The van der Waals surface area contributed by atoms with E-state index in [4.69, 9.17) is 0 Å². The van der Waals surface area contributed by atoms with Crippen LogP contribution in [0.25, 0.3) is 0 Å². The molecule has 0 aromatic heterocycles. The molecule has 0 saturated heterocycles. The summed E-state index contributed by atoms with van der Waals surface area (Å²) in [5, 5.41) is 10.4. The maximum Gasteiger partial charge on any atom is 0.0662 e. The first-order valence-electron chi connectivity index (χ1n) is 6.09. The molecular weight excluding hydrogens is 216 g/mol. The number of rotatable bonds is 2. The molecule has 1 aliphatic rings. The van der Waals surface area contributed by atoms with Crippen LogP contribution < -0.4 is 0 Å². The number of hydrogen-bond donors (Lipinski definition) is 1. The van der Waals surface area contributed by atoms with Gasteiger partial charge in [0.25, 0.3) is 0 Å². The van der Waals surface area contributed by atoms with E-state index in [1.54, 1.807) is 0 Å². The molecule has 1 aromatic rings. The molecule has 1 saturated carbocycles. The fourth-order valence-electron chi connectivity index (χ4n) is 2.31. The van der Waals surface area contributed by atoms with E-state index in [1.807, 2.05) is 11.8 Å². The molecule has 0 aliphatic heterocycles. The molecule has 88 valence electrons. The molecule has 0 heterocycles. The normalized spacial score (nSPS) is 25.7. The van der Waals surface area contributed by atoms with Gasteiger partial charge in [-0.15, -0.1) is 11.8 Å². The minimum absolute atomic E-state index is 0.112. The molecular formula is C14H20OS. The average molecular weight is 236 g/mol. The fourth-order valence-corrected chi connectivity index (χ4v) is 3.60. The van der Waals surface area contributed by atoms with Gasteiger partial charge in [0.1, 0.15) is 0 Å². The van der Waals surface area contributed by atoms with Gasteiger partial charge in [-0.25, -0.2) is 0 Å². The van der Waals surface area contributed by atoms with Gasteiger partial charge in [-0.1, -0.05) is 30.5 Å². The zero-order valence-corrected chi connectivity index (χ0v) is 10.9. The Hall–Kier alpha value is -0.470. The highest BCUT2D eigenvalue weighted by Crippen LogP contribution is 2.35. The predicted molar refractivity (Wildman–Crippen MR) is 70.0 cm³/mol. The van der Waals surface area contributed by atoms with Crippen LogP contribution in [0.2, 0.25) is 0 Å². The Balaban J connectivity index is 2.07. The van der Waals surface area contributed by atoms with Crippen molar-refractivity contribution in [2.24, 2.45) is 0 Å². The van der Waals surface area contributed by atoms with Gasteiger partial charge in [0.05, 0.1) is 6.10 Å². The Morgan fingerprint density at radius 3 is 2.62 bits per heavy atom. The first-order chi connectivity index (χ1) is 7.66. The lowest BCUT2D eigenvalue weighted by Gasteiger charge is -2.27. The van der Waals surface area contributed by atoms with E-state index in [1.165, 1.54) is 28.9 Å². The van der Waals surface area contributed by atoms with Gasteiger partial charge in [-0.05, 0) is 38.3 Å². The molecule has 0 unspecified atom stereocenters. The van der Waals surface area contributed by atoms with Crippen LogP contribution >= 0.6 is 11.8 Å². The minimum Gasteiger partial charge on any atom is -0.392 e. The average Bonchev–Trinajstić information content (AvgIpc) is 2.25. The van der Waals surface area contributed by atoms with Gasteiger partial charge >= 0.3 is 0 Å². The summed E-state index contributed by atoms with van der Waals surface area (Å²) in [6, 6.07) is 6.57. The summed E-state index contributed by atoms with van der Waals surface area (Å²) in [7, 11) is 0. The molecule has 0 radical (unpaired) electrons. The molecule has 2 atom stereocenters. The SMILES string of the molecule is Cc1ccc(S[C@@H]2CCCC[C@H]2O)c(C)c1. The van der Waals surface area contributed by atoms with E-state index in [0.717, 1.165) is 12.8 Å². The second kappa shape index (κ2) is 5.24. The monoisotopic (exact) mass is 236 g/mol. The van der Waals surface area contributed by atoms with Crippen molar-refractivity contribution in [2.45, 2.75) is 55.8 Å². The number of thioether (sulfide) groups is 1. The van der Waals surface area contributed by atoms with Crippen molar-refractivity contribution < 1.29 is 5.11 Å². The number of benzene rings is 1. The molecule has 1 aliphatic carbocycles. The summed E-state index contributed by atoms with van der Waals surface area (Å²) < 4.78 is 0. The number of aliphatic hydroxyl groups is 1. The van der Waals surface area contributed by atoms with E-state index in [2.05, 4.69) is 32.0 Å². The topological polar surface area (TPSA) is 20.2 Å². The maximum atomic E-state index is 9.95. The van der Waals surface area contributed by atoms with Crippen molar-refractivity contribution in [3.63, 3.8) is 0 Å². The van der Waals surface area contributed by atoms with E-state index >= 15 is 0 Å². The Kier molecular flexibility index (Phi) is 3.93. The molecule has 0 spiro atoms. The first-order valence-corrected chi connectivity index (χ1v) is 6.97. The Morgan fingerprint density at radius 1 is 1.19 bits per heavy atom. The summed E-state index contributed by atoms with van der Waals surface area (Å²) >= 11 is 1.86. The van der Waals surface area contributed by atoms with Crippen LogP contribution in [0.15, 0.2) is 23.1 Å². The van der Waals surface area contributed by atoms with Crippen LogP contribution in [0.1, 0.15) is 36.8 Å². The molecule has 1 N–H and O–H groups in total. The lowest BCUT2D eigenvalue weighted by atomic mass is 9.97. The highest BCUT2D eigenvalue weighted by molar-refractivity contribution is 8.00. The van der Waals surface area contributed by atoms with Crippen LogP contribution in [0.4, 0.5) is 0 Å². The van der Waals surface area contributed by atoms with E-state index in [0.29, 0.717) is 5.25 Å². The van der Waals surface area contributed by atoms with Gasteiger partial charge in [0, 0.05) is 10.1 Å². The molecule has 1 nitrogen and oxygen atoms in total. The molecule has 16 heavy (non-hydrogen) atoms. The molecule has 0 amide bonds. The highest BCUT2D eigenvalue weighted by Gasteiger charge is 2.24. The van der Waals surface area contributed by atoms with Crippen LogP contribution in [-0.4, -0.2) is 16.5 Å². The lowest BCUT2D eigenvalue weighted by Crippen LogP contribution is -2.26. The van der Waals surface area contributed by atoms with E-state index in [9.17, 15) is 5.11 Å². The fraction of sp³-hybridized carbons (Fsp3) is 0.571. The second-order valence-corrected chi connectivity index (χ2v) is 6.06. The standard InChI is InChI=1S/C14H20OS/c1-10-7-8-13(11(2)9-10)16-14-6-4-3-5-12(14)15/h7-9,12,14-15H,3-6H2,1-2H3/t12-,14-/m1/s1. The molecule has 2 rings (SSSR count). The number of aliphatic hydroxyl groups excluding tert-OH is 1. The lowest BCUT2D eigenvalue weighted by molar-refractivity contribution is 0.137. The zero-order chi connectivity index (χ0) is 11.5. The minimum atomic E-state index is -0.112. The van der Waals surface area contributed by atoms with Crippen molar-refractivity contribution >= 4 is 11.8 Å². The van der Waals surface area contributed by atoms with Gasteiger partial charge < -0.3 is 5.11 Å².